The first-order chi connectivity index (χ1) is 8.79. The highest BCUT2D eigenvalue weighted by atomic mass is 15.1. The molecule has 1 aliphatic carbocycles. The Bertz CT molecular complexity index is 126. The second kappa shape index (κ2) is 17.0. The topological polar surface area (TPSA) is 3.24 Å². The van der Waals surface area contributed by atoms with E-state index in [1.807, 2.05) is 13.8 Å². The maximum Gasteiger partial charge on any atom is 0.00951 e. The predicted octanol–water partition coefficient (Wildman–Crippen LogP) is 5.88. The molecule has 1 fully saturated rings. The summed E-state index contributed by atoms with van der Waals surface area (Å²) >= 11 is 0. The standard InChI is InChI=1S/C12H25N.C3H8.C2H6/c1-3-11-13(4-2)12-9-7-5-6-8-10-12;1-3-2;1-2/h12H,3-11H2,1-2H3;3H2,1-2H3;1-2H3. The zero-order chi connectivity index (χ0) is 14.2. The highest BCUT2D eigenvalue weighted by Gasteiger charge is 2.17. The lowest BCUT2D eigenvalue weighted by Crippen LogP contribution is -2.35. The summed E-state index contributed by atoms with van der Waals surface area (Å²) in [6.45, 7) is 15.4. The van der Waals surface area contributed by atoms with E-state index in [9.17, 15) is 0 Å². The monoisotopic (exact) mass is 257 g/mol. The molecule has 0 aliphatic heterocycles. The van der Waals surface area contributed by atoms with Gasteiger partial charge in [0, 0.05) is 6.04 Å². The average molecular weight is 258 g/mol. The maximum atomic E-state index is 2.69. The van der Waals surface area contributed by atoms with Crippen molar-refractivity contribution in [1.29, 1.82) is 0 Å². The zero-order valence-electron chi connectivity index (χ0n) is 14.1. The molecule has 0 atom stereocenters. The SMILES string of the molecule is CC.CCC.CCCN(CC)C1CCCCCC1. The van der Waals surface area contributed by atoms with Gasteiger partial charge in [0.15, 0.2) is 0 Å². The molecule has 1 nitrogen and oxygen atoms in total. The summed E-state index contributed by atoms with van der Waals surface area (Å²) < 4.78 is 0. The smallest absolute Gasteiger partial charge is 0.00951 e. The quantitative estimate of drug-likeness (QED) is 0.568. The Balaban J connectivity index is 0. The second-order valence-electron chi connectivity index (χ2n) is 4.98. The molecule has 1 saturated carbocycles. The van der Waals surface area contributed by atoms with E-state index in [1.165, 1.54) is 64.5 Å². The fourth-order valence-corrected chi connectivity index (χ4v) is 2.51. The Hall–Kier alpha value is -0.0400. The summed E-state index contributed by atoms with van der Waals surface area (Å²) in [6, 6.07) is 0.910. The van der Waals surface area contributed by atoms with Gasteiger partial charge in [-0.1, -0.05) is 73.6 Å². The van der Waals surface area contributed by atoms with Crippen LogP contribution in [0.1, 0.15) is 92.9 Å². The van der Waals surface area contributed by atoms with Gasteiger partial charge in [0.1, 0.15) is 0 Å². The molecule has 0 aromatic carbocycles. The van der Waals surface area contributed by atoms with Gasteiger partial charge >= 0.3 is 0 Å². The summed E-state index contributed by atoms with van der Waals surface area (Å²) in [4.78, 5) is 2.69. The highest BCUT2D eigenvalue weighted by Crippen LogP contribution is 2.21. The minimum Gasteiger partial charge on any atom is -0.301 e. The molecule has 0 spiro atoms. The van der Waals surface area contributed by atoms with Crippen molar-refractivity contribution in [3.05, 3.63) is 0 Å². The van der Waals surface area contributed by atoms with Gasteiger partial charge in [-0.2, -0.15) is 0 Å². The molecule has 1 rings (SSSR count). The lowest BCUT2D eigenvalue weighted by molar-refractivity contribution is 0.188. The van der Waals surface area contributed by atoms with E-state index < -0.39 is 0 Å². The molecule has 0 unspecified atom stereocenters. The molecule has 0 amide bonds. The first kappa shape index (κ1) is 20.3. The molecule has 0 aromatic heterocycles. The van der Waals surface area contributed by atoms with Gasteiger partial charge in [-0.3, -0.25) is 0 Å². The highest BCUT2D eigenvalue weighted by molar-refractivity contribution is 4.73. The summed E-state index contributed by atoms with van der Waals surface area (Å²) in [7, 11) is 0. The molecule has 0 bridgehead atoms. The van der Waals surface area contributed by atoms with E-state index in [0.717, 1.165) is 6.04 Å². The van der Waals surface area contributed by atoms with Crippen LogP contribution in [0.15, 0.2) is 0 Å². The molecule has 0 heterocycles. The lowest BCUT2D eigenvalue weighted by atomic mass is 10.1. The minimum atomic E-state index is 0.910. The third kappa shape index (κ3) is 11.1. The summed E-state index contributed by atoms with van der Waals surface area (Å²) in [5.74, 6) is 0. The van der Waals surface area contributed by atoms with Crippen LogP contribution in [0.5, 0.6) is 0 Å². The predicted molar refractivity (Wildman–Crippen MR) is 86.3 cm³/mol. The van der Waals surface area contributed by atoms with Crippen LogP contribution in [0.4, 0.5) is 0 Å². The Labute approximate surface area is 117 Å². The molecule has 1 aliphatic rings. The Morgan fingerprint density at radius 3 is 1.61 bits per heavy atom. The van der Waals surface area contributed by atoms with E-state index in [1.54, 1.807) is 0 Å². The molecule has 0 saturated heterocycles. The van der Waals surface area contributed by atoms with Crippen LogP contribution in [0.2, 0.25) is 0 Å². The maximum absolute atomic E-state index is 2.69. The van der Waals surface area contributed by atoms with Gasteiger partial charge in [0.05, 0.1) is 0 Å². The Kier molecular flexibility index (Phi) is 19.1. The number of hydrogen-bond donors (Lipinski definition) is 0. The second-order valence-corrected chi connectivity index (χ2v) is 4.98. The van der Waals surface area contributed by atoms with Crippen molar-refractivity contribution in [2.24, 2.45) is 0 Å². The average Bonchev–Trinajstić information content (AvgIpc) is 2.68. The fraction of sp³-hybridized carbons (Fsp3) is 1.00. The normalized spacial score (nSPS) is 16.2. The van der Waals surface area contributed by atoms with E-state index in [4.69, 9.17) is 0 Å². The van der Waals surface area contributed by atoms with Gasteiger partial charge in [0.25, 0.3) is 0 Å². The molecule has 112 valence electrons. The van der Waals surface area contributed by atoms with Gasteiger partial charge in [-0.15, -0.1) is 0 Å². The van der Waals surface area contributed by atoms with Crippen molar-refractivity contribution < 1.29 is 0 Å². The molecule has 0 aromatic rings. The molecule has 18 heavy (non-hydrogen) atoms. The van der Waals surface area contributed by atoms with Crippen molar-refractivity contribution in [2.45, 2.75) is 99.0 Å². The summed E-state index contributed by atoms with van der Waals surface area (Å²) in [5, 5.41) is 0. The molecule has 0 radical (unpaired) electrons. The van der Waals surface area contributed by atoms with Gasteiger partial charge in [0.2, 0.25) is 0 Å². The van der Waals surface area contributed by atoms with Gasteiger partial charge in [-0.25, -0.2) is 0 Å². The minimum absolute atomic E-state index is 0.910. The van der Waals surface area contributed by atoms with Gasteiger partial charge in [-0.05, 0) is 32.4 Å². The van der Waals surface area contributed by atoms with Crippen LogP contribution in [-0.4, -0.2) is 24.0 Å². The first-order valence-corrected chi connectivity index (χ1v) is 8.54. The molecular weight excluding hydrogens is 218 g/mol. The van der Waals surface area contributed by atoms with Crippen molar-refractivity contribution in [3.8, 4) is 0 Å². The third-order valence-electron chi connectivity index (χ3n) is 3.26. The first-order valence-electron chi connectivity index (χ1n) is 8.54. The van der Waals surface area contributed by atoms with Crippen molar-refractivity contribution in [3.63, 3.8) is 0 Å². The molecular formula is C17H39N. The largest absolute Gasteiger partial charge is 0.301 e. The summed E-state index contributed by atoms with van der Waals surface area (Å²) in [6.07, 6.45) is 11.3. The Morgan fingerprint density at radius 2 is 1.28 bits per heavy atom. The van der Waals surface area contributed by atoms with Crippen LogP contribution in [0.25, 0.3) is 0 Å². The van der Waals surface area contributed by atoms with Crippen molar-refractivity contribution in [2.75, 3.05) is 13.1 Å². The number of hydrogen-bond acceptors (Lipinski definition) is 1. The third-order valence-corrected chi connectivity index (χ3v) is 3.26. The van der Waals surface area contributed by atoms with Crippen LogP contribution >= 0.6 is 0 Å². The number of nitrogens with zero attached hydrogens (tertiary/aromatic N) is 1. The van der Waals surface area contributed by atoms with Crippen LogP contribution in [0, 0.1) is 0 Å². The van der Waals surface area contributed by atoms with E-state index >= 15 is 0 Å². The number of rotatable bonds is 4. The van der Waals surface area contributed by atoms with Crippen LogP contribution in [0.3, 0.4) is 0 Å². The van der Waals surface area contributed by atoms with Crippen molar-refractivity contribution >= 4 is 0 Å². The molecule has 1 heteroatoms. The van der Waals surface area contributed by atoms with Crippen LogP contribution < -0.4 is 0 Å². The molecule has 0 N–H and O–H groups in total. The van der Waals surface area contributed by atoms with Gasteiger partial charge < -0.3 is 4.90 Å². The van der Waals surface area contributed by atoms with E-state index in [0.29, 0.717) is 0 Å². The van der Waals surface area contributed by atoms with E-state index in [2.05, 4.69) is 32.6 Å². The Morgan fingerprint density at radius 1 is 0.833 bits per heavy atom. The zero-order valence-corrected chi connectivity index (χ0v) is 14.1. The van der Waals surface area contributed by atoms with E-state index in [-0.39, 0.29) is 0 Å². The summed E-state index contributed by atoms with van der Waals surface area (Å²) in [5.41, 5.74) is 0. The fourth-order valence-electron chi connectivity index (χ4n) is 2.51. The van der Waals surface area contributed by atoms with Crippen LogP contribution in [-0.2, 0) is 0 Å². The van der Waals surface area contributed by atoms with Crippen molar-refractivity contribution in [1.82, 2.24) is 4.90 Å². The lowest BCUT2D eigenvalue weighted by Gasteiger charge is -2.29.